The average molecular weight is 270 g/mol. The minimum Gasteiger partial charge on any atom is -0.495 e. The third-order valence-electron chi connectivity index (χ3n) is 3.38. The highest BCUT2D eigenvalue weighted by atomic mass is 32.2. The van der Waals surface area contributed by atoms with Crippen LogP contribution in [0.15, 0.2) is 18.5 Å². The van der Waals surface area contributed by atoms with Crippen LogP contribution in [0.3, 0.4) is 0 Å². The zero-order valence-electron chi connectivity index (χ0n) is 10.6. The summed E-state index contributed by atoms with van der Waals surface area (Å²) in [6.07, 6.45) is 4.10. The number of hydrogen-bond donors (Lipinski definition) is 1. The number of sulfone groups is 1. The average Bonchev–Trinajstić information content (AvgIpc) is 2.71. The molecule has 0 saturated carbocycles. The van der Waals surface area contributed by atoms with Crippen molar-refractivity contribution in [2.24, 2.45) is 5.92 Å². The van der Waals surface area contributed by atoms with E-state index in [1.165, 1.54) is 0 Å². The third kappa shape index (κ3) is 2.81. The maximum Gasteiger partial charge on any atom is 0.150 e. The summed E-state index contributed by atoms with van der Waals surface area (Å²) in [5, 5.41) is 3.19. The van der Waals surface area contributed by atoms with Crippen LogP contribution in [0.4, 0.5) is 0 Å². The maximum absolute atomic E-state index is 11.5. The van der Waals surface area contributed by atoms with Gasteiger partial charge in [-0.2, -0.15) is 0 Å². The first kappa shape index (κ1) is 13.3. The maximum atomic E-state index is 11.5. The van der Waals surface area contributed by atoms with Gasteiger partial charge in [-0.3, -0.25) is 4.98 Å². The summed E-state index contributed by atoms with van der Waals surface area (Å²) in [7, 11) is 0.569. The first-order valence-corrected chi connectivity index (χ1v) is 7.74. The molecule has 5 nitrogen and oxygen atoms in total. The van der Waals surface area contributed by atoms with Crippen LogP contribution in [0.5, 0.6) is 5.75 Å². The lowest BCUT2D eigenvalue weighted by atomic mass is 9.93. The van der Waals surface area contributed by atoms with Crippen LogP contribution in [-0.4, -0.2) is 39.1 Å². The van der Waals surface area contributed by atoms with Crippen molar-refractivity contribution in [1.82, 2.24) is 10.3 Å². The molecule has 100 valence electrons. The molecule has 18 heavy (non-hydrogen) atoms. The van der Waals surface area contributed by atoms with E-state index >= 15 is 0 Å². The van der Waals surface area contributed by atoms with Crippen LogP contribution >= 0.6 is 0 Å². The van der Waals surface area contributed by atoms with E-state index in [-0.39, 0.29) is 23.5 Å². The fraction of sp³-hybridized carbons (Fsp3) is 0.583. The zero-order chi connectivity index (χ0) is 13.2. The molecule has 0 aromatic carbocycles. The van der Waals surface area contributed by atoms with E-state index in [1.54, 1.807) is 19.5 Å². The molecule has 1 saturated heterocycles. The second-order valence-electron chi connectivity index (χ2n) is 4.59. The standard InChI is InChI=1S/C12H18N2O3S/c1-13-12(9-3-4-18(15,16)8-9)10-5-11(17-2)7-14-6-10/h5-7,9,12-13H,3-4,8H2,1-2H3. The smallest absolute Gasteiger partial charge is 0.150 e. The molecular formula is C12H18N2O3S. The number of nitrogens with one attached hydrogen (secondary N) is 1. The van der Waals surface area contributed by atoms with Crippen molar-refractivity contribution >= 4 is 9.84 Å². The second kappa shape index (κ2) is 5.24. The monoisotopic (exact) mass is 270 g/mol. The number of ether oxygens (including phenoxy) is 1. The molecule has 2 heterocycles. The summed E-state index contributed by atoms with van der Waals surface area (Å²) in [6.45, 7) is 0. The van der Waals surface area contributed by atoms with E-state index in [0.717, 1.165) is 5.56 Å². The molecule has 1 aliphatic heterocycles. The van der Waals surface area contributed by atoms with Gasteiger partial charge in [0.15, 0.2) is 9.84 Å². The van der Waals surface area contributed by atoms with E-state index < -0.39 is 9.84 Å². The Balaban J connectivity index is 2.23. The second-order valence-corrected chi connectivity index (χ2v) is 6.82. The first-order valence-electron chi connectivity index (χ1n) is 5.92. The van der Waals surface area contributed by atoms with Gasteiger partial charge in [-0.05, 0) is 31.0 Å². The summed E-state index contributed by atoms with van der Waals surface area (Å²) in [5.41, 5.74) is 0.971. The van der Waals surface area contributed by atoms with Crippen LogP contribution in [0.1, 0.15) is 18.0 Å². The Kier molecular flexibility index (Phi) is 3.87. The molecule has 1 aliphatic rings. The fourth-order valence-electron chi connectivity index (χ4n) is 2.48. The van der Waals surface area contributed by atoms with Crippen LogP contribution in [0.2, 0.25) is 0 Å². The van der Waals surface area contributed by atoms with Gasteiger partial charge in [0.25, 0.3) is 0 Å². The number of nitrogens with zero attached hydrogens (tertiary/aromatic N) is 1. The molecule has 2 rings (SSSR count). The number of methoxy groups -OCH3 is 1. The summed E-state index contributed by atoms with van der Waals surface area (Å²) < 4.78 is 28.2. The minimum absolute atomic E-state index is 0.00451. The Morgan fingerprint density at radius 3 is 2.83 bits per heavy atom. The van der Waals surface area contributed by atoms with E-state index in [1.807, 2.05) is 13.1 Å². The summed E-state index contributed by atoms with van der Waals surface area (Å²) in [5.74, 6) is 1.32. The molecule has 2 atom stereocenters. The van der Waals surface area contributed by atoms with Crippen molar-refractivity contribution in [3.63, 3.8) is 0 Å². The molecule has 1 fully saturated rings. The van der Waals surface area contributed by atoms with Crippen molar-refractivity contribution in [3.05, 3.63) is 24.0 Å². The van der Waals surface area contributed by atoms with Crippen molar-refractivity contribution in [3.8, 4) is 5.75 Å². The molecule has 1 aromatic rings. The Morgan fingerprint density at radius 2 is 2.28 bits per heavy atom. The van der Waals surface area contributed by atoms with Gasteiger partial charge < -0.3 is 10.1 Å². The number of pyridine rings is 1. The van der Waals surface area contributed by atoms with E-state index in [4.69, 9.17) is 4.74 Å². The van der Waals surface area contributed by atoms with Crippen LogP contribution in [0, 0.1) is 5.92 Å². The summed E-state index contributed by atoms with van der Waals surface area (Å²) in [4.78, 5) is 4.12. The molecule has 2 unspecified atom stereocenters. The highest BCUT2D eigenvalue weighted by Crippen LogP contribution is 2.31. The highest BCUT2D eigenvalue weighted by Gasteiger charge is 2.33. The lowest BCUT2D eigenvalue weighted by molar-refractivity contribution is 0.399. The van der Waals surface area contributed by atoms with Crippen LogP contribution in [-0.2, 0) is 9.84 Å². The summed E-state index contributed by atoms with van der Waals surface area (Å²) in [6, 6.07) is 1.91. The predicted octanol–water partition coefficient (Wildman–Crippen LogP) is 0.785. The Morgan fingerprint density at radius 1 is 1.50 bits per heavy atom. The lowest BCUT2D eigenvalue weighted by Crippen LogP contribution is -2.26. The van der Waals surface area contributed by atoms with Gasteiger partial charge in [0, 0.05) is 12.2 Å². The van der Waals surface area contributed by atoms with Crippen molar-refractivity contribution < 1.29 is 13.2 Å². The minimum atomic E-state index is -2.87. The Hall–Kier alpha value is -1.14. The van der Waals surface area contributed by atoms with E-state index in [9.17, 15) is 8.42 Å². The zero-order valence-corrected chi connectivity index (χ0v) is 11.4. The predicted molar refractivity (Wildman–Crippen MR) is 69.4 cm³/mol. The molecular weight excluding hydrogens is 252 g/mol. The first-order chi connectivity index (χ1) is 8.55. The van der Waals surface area contributed by atoms with Gasteiger partial charge in [0.05, 0.1) is 24.8 Å². The third-order valence-corrected chi connectivity index (χ3v) is 5.17. The molecule has 1 N–H and O–H groups in total. The molecule has 0 spiro atoms. The Labute approximate surface area is 107 Å². The molecule has 0 aliphatic carbocycles. The summed E-state index contributed by atoms with van der Waals surface area (Å²) >= 11 is 0. The number of aromatic nitrogens is 1. The molecule has 0 bridgehead atoms. The molecule has 1 aromatic heterocycles. The van der Waals surface area contributed by atoms with Gasteiger partial charge in [0.2, 0.25) is 0 Å². The van der Waals surface area contributed by atoms with Gasteiger partial charge in [-0.1, -0.05) is 0 Å². The van der Waals surface area contributed by atoms with Gasteiger partial charge in [-0.15, -0.1) is 0 Å². The van der Waals surface area contributed by atoms with Crippen molar-refractivity contribution in [2.45, 2.75) is 12.5 Å². The molecule has 0 amide bonds. The normalized spacial score (nSPS) is 23.8. The number of hydrogen-bond acceptors (Lipinski definition) is 5. The largest absolute Gasteiger partial charge is 0.495 e. The molecule has 0 radical (unpaired) electrons. The van der Waals surface area contributed by atoms with Gasteiger partial charge in [0.1, 0.15) is 5.75 Å². The molecule has 6 heteroatoms. The highest BCUT2D eigenvalue weighted by molar-refractivity contribution is 7.91. The lowest BCUT2D eigenvalue weighted by Gasteiger charge is -2.22. The fourth-order valence-corrected chi connectivity index (χ4v) is 4.32. The van der Waals surface area contributed by atoms with Gasteiger partial charge in [-0.25, -0.2) is 8.42 Å². The SMILES string of the molecule is CNC(c1cncc(OC)c1)C1CCS(=O)(=O)C1. The van der Waals surface area contributed by atoms with Crippen LogP contribution < -0.4 is 10.1 Å². The van der Waals surface area contributed by atoms with E-state index in [2.05, 4.69) is 10.3 Å². The topological polar surface area (TPSA) is 68.3 Å². The Bertz CT molecular complexity index is 516. The van der Waals surface area contributed by atoms with Gasteiger partial charge >= 0.3 is 0 Å². The van der Waals surface area contributed by atoms with Crippen molar-refractivity contribution in [1.29, 1.82) is 0 Å². The van der Waals surface area contributed by atoms with Crippen LogP contribution in [0.25, 0.3) is 0 Å². The number of rotatable bonds is 4. The quantitative estimate of drug-likeness (QED) is 0.876. The van der Waals surface area contributed by atoms with E-state index in [0.29, 0.717) is 12.2 Å². The van der Waals surface area contributed by atoms with Crippen molar-refractivity contribution in [2.75, 3.05) is 25.7 Å².